The molecule has 36 heavy (non-hydrogen) atoms. The lowest BCUT2D eigenvalue weighted by molar-refractivity contribution is 0.391. The molecule has 0 aliphatic rings. The Balaban J connectivity index is 1.82. The highest BCUT2D eigenvalue weighted by atomic mass is 32.2. The second-order valence-corrected chi connectivity index (χ2v) is 9.91. The lowest BCUT2D eigenvalue weighted by atomic mass is 10.2. The Kier molecular flexibility index (Phi) is 7.10. The number of methoxy groups -OCH3 is 2. The highest BCUT2D eigenvalue weighted by Crippen LogP contribution is 2.38. The zero-order valence-corrected chi connectivity index (χ0v) is 20.8. The highest BCUT2D eigenvalue weighted by molar-refractivity contribution is 7.93. The molecule has 13 heteroatoms. The number of para-hydroxylation sites is 1. The summed E-state index contributed by atoms with van der Waals surface area (Å²) in [5, 5.41) is 7.45. The molecule has 1 aromatic carbocycles. The second-order valence-electron chi connectivity index (χ2n) is 7.81. The smallest absolute Gasteiger partial charge is 0.243 e. The number of ether oxygens (including phenoxy) is 2. The molecule has 0 radical (unpaired) electrons. The van der Waals surface area contributed by atoms with Crippen molar-refractivity contribution in [1.82, 2.24) is 29.7 Å². The molecule has 0 aliphatic carbocycles. The van der Waals surface area contributed by atoms with Crippen LogP contribution in [0.15, 0.2) is 48.9 Å². The maximum atomic E-state index is 13.3. The van der Waals surface area contributed by atoms with Crippen molar-refractivity contribution in [2.75, 3.05) is 18.9 Å². The first kappa shape index (κ1) is 25.0. The van der Waals surface area contributed by atoms with Gasteiger partial charge >= 0.3 is 0 Å². The van der Waals surface area contributed by atoms with Crippen molar-refractivity contribution in [2.24, 2.45) is 0 Å². The SMILES string of the molecule is COc1cccc(OC)c1-n1c(NS(=O)(=O)C(C)Cc2ncc(F)cn2)nnc1-c1cccnc1C. The topological polar surface area (TPSA) is 134 Å². The Morgan fingerprint density at radius 3 is 2.31 bits per heavy atom. The first-order valence-corrected chi connectivity index (χ1v) is 12.4. The van der Waals surface area contributed by atoms with Gasteiger partial charge in [-0.15, -0.1) is 10.2 Å². The lowest BCUT2D eigenvalue weighted by Gasteiger charge is -2.19. The second kappa shape index (κ2) is 10.2. The minimum absolute atomic E-state index is 0.0453. The van der Waals surface area contributed by atoms with Gasteiger partial charge in [0.2, 0.25) is 16.0 Å². The molecule has 188 valence electrons. The van der Waals surface area contributed by atoms with Crippen LogP contribution in [0.25, 0.3) is 17.1 Å². The third-order valence-corrected chi connectivity index (χ3v) is 7.14. The van der Waals surface area contributed by atoms with Crippen LogP contribution in [-0.2, 0) is 16.4 Å². The van der Waals surface area contributed by atoms with E-state index in [-0.39, 0.29) is 18.2 Å². The van der Waals surface area contributed by atoms with E-state index in [1.165, 1.54) is 25.7 Å². The number of anilines is 1. The van der Waals surface area contributed by atoms with E-state index in [0.29, 0.717) is 34.3 Å². The predicted octanol–water partition coefficient (Wildman–Crippen LogP) is 2.96. The monoisotopic (exact) mass is 513 g/mol. The van der Waals surface area contributed by atoms with Crippen molar-refractivity contribution in [3.8, 4) is 28.6 Å². The van der Waals surface area contributed by atoms with Crippen molar-refractivity contribution < 1.29 is 22.3 Å². The van der Waals surface area contributed by atoms with Gasteiger partial charge in [-0.1, -0.05) is 6.07 Å². The van der Waals surface area contributed by atoms with E-state index in [9.17, 15) is 12.8 Å². The summed E-state index contributed by atoms with van der Waals surface area (Å²) in [7, 11) is -1.03. The number of nitrogens with zero attached hydrogens (tertiary/aromatic N) is 6. The first-order chi connectivity index (χ1) is 17.2. The van der Waals surface area contributed by atoms with E-state index in [0.717, 1.165) is 12.4 Å². The van der Waals surface area contributed by atoms with E-state index in [4.69, 9.17) is 9.47 Å². The van der Waals surface area contributed by atoms with Crippen LogP contribution in [0.1, 0.15) is 18.4 Å². The summed E-state index contributed by atoms with van der Waals surface area (Å²) in [6.07, 6.45) is 3.58. The number of nitrogens with one attached hydrogen (secondary N) is 1. The summed E-state index contributed by atoms with van der Waals surface area (Å²) in [6, 6.07) is 8.72. The number of aromatic nitrogens is 6. The molecule has 0 aliphatic heterocycles. The predicted molar refractivity (Wildman–Crippen MR) is 130 cm³/mol. The van der Waals surface area contributed by atoms with E-state index in [1.54, 1.807) is 36.5 Å². The van der Waals surface area contributed by atoms with Crippen LogP contribution in [-0.4, -0.2) is 57.6 Å². The maximum Gasteiger partial charge on any atom is 0.243 e. The van der Waals surface area contributed by atoms with Crippen molar-refractivity contribution in [3.05, 3.63) is 66.3 Å². The van der Waals surface area contributed by atoms with Crippen LogP contribution in [0.4, 0.5) is 10.3 Å². The molecule has 1 atom stereocenters. The molecule has 0 saturated carbocycles. The van der Waals surface area contributed by atoms with Crippen LogP contribution in [0.5, 0.6) is 11.5 Å². The van der Waals surface area contributed by atoms with Gasteiger partial charge in [-0.25, -0.2) is 22.8 Å². The Bertz CT molecular complexity index is 1450. The zero-order valence-electron chi connectivity index (χ0n) is 20.0. The van der Waals surface area contributed by atoms with Crippen LogP contribution >= 0.6 is 0 Å². The summed E-state index contributed by atoms with van der Waals surface area (Å²) in [5.41, 5.74) is 1.70. The number of hydrogen-bond donors (Lipinski definition) is 1. The quantitative estimate of drug-likeness (QED) is 0.358. The van der Waals surface area contributed by atoms with Crippen LogP contribution in [0.3, 0.4) is 0 Å². The summed E-state index contributed by atoms with van der Waals surface area (Å²) in [6.45, 7) is 3.30. The minimum Gasteiger partial charge on any atom is -0.494 e. The van der Waals surface area contributed by atoms with Crippen LogP contribution in [0, 0.1) is 12.7 Å². The standard InChI is InChI=1S/C23H24FN7O4S/c1-14(11-20-26-12-16(24)13-27-20)36(32,33)30-23-29-28-22(17-7-6-10-25-15(17)2)31(23)21-18(34-3)8-5-9-19(21)35-4/h5-10,12-14H,11H2,1-4H3,(H,29,30). The fourth-order valence-corrected chi connectivity index (χ4v) is 4.50. The van der Waals surface area contributed by atoms with Gasteiger partial charge in [0, 0.05) is 23.9 Å². The number of hydrogen-bond acceptors (Lipinski definition) is 9. The van der Waals surface area contributed by atoms with Gasteiger partial charge in [-0.2, -0.15) is 0 Å². The van der Waals surface area contributed by atoms with Gasteiger partial charge in [-0.3, -0.25) is 14.3 Å². The third kappa shape index (κ3) is 4.96. The molecular formula is C23H24FN7O4S. The number of pyridine rings is 1. The largest absolute Gasteiger partial charge is 0.494 e. The summed E-state index contributed by atoms with van der Waals surface area (Å²) in [5.74, 6) is 0.645. The molecule has 0 amide bonds. The number of benzene rings is 1. The van der Waals surface area contributed by atoms with E-state index < -0.39 is 21.1 Å². The normalized spacial score (nSPS) is 12.2. The molecule has 1 unspecified atom stereocenters. The zero-order chi connectivity index (χ0) is 25.9. The lowest BCUT2D eigenvalue weighted by Crippen LogP contribution is -2.29. The molecule has 0 spiro atoms. The van der Waals surface area contributed by atoms with Gasteiger partial charge in [-0.05, 0) is 38.1 Å². The molecule has 0 bridgehead atoms. The molecule has 11 nitrogen and oxygen atoms in total. The number of halogens is 1. The van der Waals surface area contributed by atoms with Crippen molar-refractivity contribution in [2.45, 2.75) is 25.5 Å². The Labute approximate surface area is 207 Å². The molecular weight excluding hydrogens is 489 g/mol. The number of rotatable bonds is 9. The Morgan fingerprint density at radius 1 is 1.03 bits per heavy atom. The van der Waals surface area contributed by atoms with E-state index in [1.807, 2.05) is 6.92 Å². The van der Waals surface area contributed by atoms with Crippen molar-refractivity contribution in [3.63, 3.8) is 0 Å². The van der Waals surface area contributed by atoms with Gasteiger partial charge in [0.15, 0.2) is 11.6 Å². The van der Waals surface area contributed by atoms with E-state index >= 15 is 0 Å². The number of aryl methyl sites for hydroxylation is 1. The number of sulfonamides is 1. The highest BCUT2D eigenvalue weighted by Gasteiger charge is 2.29. The Morgan fingerprint density at radius 2 is 1.69 bits per heavy atom. The Hall–Kier alpha value is -4.13. The van der Waals surface area contributed by atoms with Crippen LogP contribution in [0.2, 0.25) is 0 Å². The third-order valence-electron chi connectivity index (χ3n) is 5.44. The average molecular weight is 514 g/mol. The van der Waals surface area contributed by atoms with Crippen LogP contribution < -0.4 is 14.2 Å². The molecule has 4 aromatic rings. The summed E-state index contributed by atoms with van der Waals surface area (Å²) in [4.78, 5) is 12.0. The molecule has 4 rings (SSSR count). The molecule has 3 heterocycles. The van der Waals surface area contributed by atoms with Gasteiger partial charge in [0.05, 0.1) is 31.9 Å². The average Bonchev–Trinajstić information content (AvgIpc) is 3.26. The summed E-state index contributed by atoms with van der Waals surface area (Å²) >= 11 is 0. The van der Waals surface area contributed by atoms with Gasteiger partial charge in [0.25, 0.3) is 0 Å². The maximum absolute atomic E-state index is 13.3. The fourth-order valence-electron chi connectivity index (χ4n) is 3.55. The first-order valence-electron chi connectivity index (χ1n) is 10.8. The molecule has 0 fully saturated rings. The molecule has 3 aromatic heterocycles. The van der Waals surface area contributed by atoms with Crippen molar-refractivity contribution in [1.29, 1.82) is 0 Å². The fraction of sp³-hybridized carbons (Fsp3) is 0.261. The summed E-state index contributed by atoms with van der Waals surface area (Å²) < 4.78 is 54.9. The van der Waals surface area contributed by atoms with E-state index in [2.05, 4.69) is 29.9 Å². The van der Waals surface area contributed by atoms with Crippen molar-refractivity contribution >= 4 is 16.0 Å². The molecule has 0 saturated heterocycles. The van der Waals surface area contributed by atoms with Gasteiger partial charge < -0.3 is 9.47 Å². The minimum atomic E-state index is -4.01. The molecule has 1 N–H and O–H groups in total. The van der Waals surface area contributed by atoms with Gasteiger partial charge in [0.1, 0.15) is 23.0 Å².